The number of allylic oxidation sites excluding steroid dienone is 1. The third-order valence-electron chi connectivity index (χ3n) is 3.57. The molecule has 3 nitrogen and oxygen atoms in total. The van der Waals surface area contributed by atoms with Gasteiger partial charge in [-0.15, -0.1) is 0 Å². The number of hydrogen-bond acceptors (Lipinski definition) is 3. The van der Waals surface area contributed by atoms with Crippen LogP contribution in [0.3, 0.4) is 0 Å². The van der Waals surface area contributed by atoms with Crippen molar-refractivity contribution < 1.29 is 4.79 Å². The predicted molar refractivity (Wildman–Crippen MR) is 66.8 cm³/mol. The Morgan fingerprint density at radius 3 is 2.82 bits per heavy atom. The average Bonchev–Trinajstić information content (AvgIpc) is 2.99. The topological polar surface area (TPSA) is 32.3 Å². The monoisotopic (exact) mass is 228 g/mol. The number of carbonyl (C=O) groups excluding carboxylic acids is 1. The van der Waals surface area contributed by atoms with Gasteiger partial charge in [-0.25, -0.2) is 0 Å². The van der Waals surface area contributed by atoms with Gasteiger partial charge in [0.2, 0.25) is 0 Å². The summed E-state index contributed by atoms with van der Waals surface area (Å²) in [7, 11) is 0. The molecule has 0 saturated carbocycles. The average molecular weight is 228 g/mol. The SMILES string of the molecule is O=C(/C=C/N1C[C@H]2C[C@@H]1CN2)c1ccccc1. The zero-order chi connectivity index (χ0) is 11.7. The summed E-state index contributed by atoms with van der Waals surface area (Å²) >= 11 is 0. The van der Waals surface area contributed by atoms with Gasteiger partial charge in [0.1, 0.15) is 0 Å². The molecule has 0 amide bonds. The molecule has 0 unspecified atom stereocenters. The fraction of sp³-hybridized carbons (Fsp3) is 0.357. The Hall–Kier alpha value is -1.61. The van der Waals surface area contributed by atoms with Gasteiger partial charge in [0.25, 0.3) is 0 Å². The van der Waals surface area contributed by atoms with E-state index >= 15 is 0 Å². The summed E-state index contributed by atoms with van der Waals surface area (Å²) in [6.45, 7) is 2.08. The summed E-state index contributed by atoms with van der Waals surface area (Å²) < 4.78 is 0. The Bertz CT molecular complexity index is 441. The first-order valence-electron chi connectivity index (χ1n) is 6.09. The van der Waals surface area contributed by atoms with Gasteiger partial charge in [-0.05, 0) is 6.42 Å². The van der Waals surface area contributed by atoms with Crippen molar-refractivity contribution >= 4 is 5.78 Å². The van der Waals surface area contributed by atoms with Crippen LogP contribution in [0.4, 0.5) is 0 Å². The van der Waals surface area contributed by atoms with Crippen LogP contribution in [0.15, 0.2) is 42.6 Å². The molecule has 3 heteroatoms. The van der Waals surface area contributed by atoms with Crippen molar-refractivity contribution in [2.45, 2.75) is 18.5 Å². The molecule has 2 atom stereocenters. The Labute approximate surface area is 101 Å². The number of benzene rings is 1. The first-order chi connectivity index (χ1) is 8.33. The zero-order valence-corrected chi connectivity index (χ0v) is 9.67. The minimum Gasteiger partial charge on any atom is -0.371 e. The normalized spacial score (nSPS) is 26.9. The maximum absolute atomic E-state index is 11.9. The van der Waals surface area contributed by atoms with Crippen LogP contribution in [0, 0.1) is 0 Å². The van der Waals surface area contributed by atoms with Crippen LogP contribution in [0.5, 0.6) is 0 Å². The Morgan fingerprint density at radius 1 is 1.35 bits per heavy atom. The lowest BCUT2D eigenvalue weighted by Gasteiger charge is -2.25. The first-order valence-corrected chi connectivity index (χ1v) is 6.09. The van der Waals surface area contributed by atoms with Gasteiger partial charge >= 0.3 is 0 Å². The summed E-state index contributed by atoms with van der Waals surface area (Å²) in [5.41, 5.74) is 0.756. The summed E-state index contributed by atoms with van der Waals surface area (Å²) in [5, 5.41) is 3.44. The van der Waals surface area contributed by atoms with Crippen LogP contribution in [0.25, 0.3) is 0 Å². The molecule has 2 bridgehead atoms. The summed E-state index contributed by atoms with van der Waals surface area (Å²) in [6, 6.07) is 10.6. The molecule has 2 aliphatic heterocycles. The fourth-order valence-electron chi connectivity index (χ4n) is 2.64. The lowest BCUT2D eigenvalue weighted by Crippen LogP contribution is -2.40. The van der Waals surface area contributed by atoms with Crippen LogP contribution in [0.1, 0.15) is 16.8 Å². The molecule has 1 aromatic carbocycles. The van der Waals surface area contributed by atoms with Gasteiger partial charge in [0, 0.05) is 43.0 Å². The molecular formula is C14H16N2O. The standard InChI is InChI=1S/C14H16N2O/c17-14(11-4-2-1-3-5-11)6-7-16-10-12-8-13(16)9-15-12/h1-7,12-13,15H,8-10H2/b7-6+/t12-,13-/m1/s1. The van der Waals surface area contributed by atoms with E-state index in [-0.39, 0.29) is 5.78 Å². The van der Waals surface area contributed by atoms with Gasteiger partial charge in [-0.1, -0.05) is 30.3 Å². The van der Waals surface area contributed by atoms with Crippen molar-refractivity contribution in [3.8, 4) is 0 Å². The number of likely N-dealkylation sites (tertiary alicyclic amines) is 1. The van der Waals surface area contributed by atoms with Crippen LogP contribution in [0.2, 0.25) is 0 Å². The number of hydrogen-bond donors (Lipinski definition) is 1. The van der Waals surface area contributed by atoms with Crippen LogP contribution >= 0.6 is 0 Å². The highest BCUT2D eigenvalue weighted by atomic mass is 16.1. The molecule has 2 saturated heterocycles. The maximum atomic E-state index is 11.9. The Kier molecular flexibility index (Phi) is 2.69. The predicted octanol–water partition coefficient (Wildman–Crippen LogP) is 1.43. The lowest BCUT2D eigenvalue weighted by molar-refractivity contribution is 0.104. The second kappa shape index (κ2) is 4.34. The molecule has 0 radical (unpaired) electrons. The molecule has 2 aliphatic rings. The minimum atomic E-state index is 0.0846. The largest absolute Gasteiger partial charge is 0.371 e. The van der Waals surface area contributed by atoms with Crippen LogP contribution < -0.4 is 5.32 Å². The quantitative estimate of drug-likeness (QED) is 0.627. The van der Waals surface area contributed by atoms with E-state index in [1.54, 1.807) is 6.08 Å². The van der Waals surface area contributed by atoms with E-state index in [0.717, 1.165) is 18.7 Å². The number of rotatable bonds is 3. The number of fused-ring (bicyclic) bond motifs is 2. The number of piperazine rings is 1. The van der Waals surface area contributed by atoms with Crippen LogP contribution in [-0.2, 0) is 0 Å². The second-order valence-electron chi connectivity index (χ2n) is 4.74. The zero-order valence-electron chi connectivity index (χ0n) is 9.67. The number of ketones is 1. The van der Waals surface area contributed by atoms with Gasteiger partial charge < -0.3 is 10.2 Å². The van der Waals surface area contributed by atoms with Gasteiger partial charge in [0.05, 0.1) is 0 Å². The van der Waals surface area contributed by atoms with Gasteiger partial charge in [0.15, 0.2) is 5.78 Å². The van der Waals surface area contributed by atoms with Crippen molar-refractivity contribution in [2.75, 3.05) is 13.1 Å². The van der Waals surface area contributed by atoms with E-state index in [9.17, 15) is 4.79 Å². The maximum Gasteiger partial charge on any atom is 0.187 e. The summed E-state index contributed by atoms with van der Waals surface area (Å²) in [4.78, 5) is 14.2. The molecule has 0 aromatic heterocycles. The van der Waals surface area contributed by atoms with Crippen LogP contribution in [-0.4, -0.2) is 35.9 Å². The van der Waals surface area contributed by atoms with Crippen molar-refractivity contribution in [2.24, 2.45) is 0 Å². The molecule has 2 heterocycles. The number of carbonyl (C=O) groups is 1. The van der Waals surface area contributed by atoms with Crippen molar-refractivity contribution in [1.82, 2.24) is 10.2 Å². The molecule has 17 heavy (non-hydrogen) atoms. The van der Waals surface area contributed by atoms with E-state index in [2.05, 4.69) is 10.2 Å². The van der Waals surface area contributed by atoms with Crippen molar-refractivity contribution in [3.05, 3.63) is 48.2 Å². The van der Waals surface area contributed by atoms with Crippen molar-refractivity contribution in [3.63, 3.8) is 0 Å². The Balaban J connectivity index is 1.65. The lowest BCUT2D eigenvalue weighted by atomic mass is 10.1. The summed E-state index contributed by atoms with van der Waals surface area (Å²) in [6.07, 6.45) is 4.86. The first kappa shape index (κ1) is 10.5. The third kappa shape index (κ3) is 2.11. The molecular weight excluding hydrogens is 212 g/mol. The minimum absolute atomic E-state index is 0.0846. The smallest absolute Gasteiger partial charge is 0.187 e. The van der Waals surface area contributed by atoms with E-state index in [4.69, 9.17) is 0 Å². The molecule has 2 fully saturated rings. The number of nitrogens with one attached hydrogen (secondary N) is 1. The van der Waals surface area contributed by atoms with E-state index in [1.807, 2.05) is 36.5 Å². The summed E-state index contributed by atoms with van der Waals surface area (Å²) in [5.74, 6) is 0.0846. The molecule has 1 aromatic rings. The fourth-order valence-corrected chi connectivity index (χ4v) is 2.64. The molecule has 0 spiro atoms. The highest BCUT2D eigenvalue weighted by molar-refractivity contribution is 6.04. The molecule has 3 rings (SSSR count). The third-order valence-corrected chi connectivity index (χ3v) is 3.57. The number of nitrogens with zero attached hydrogens (tertiary/aromatic N) is 1. The highest BCUT2D eigenvalue weighted by Crippen LogP contribution is 2.23. The molecule has 88 valence electrons. The highest BCUT2D eigenvalue weighted by Gasteiger charge is 2.35. The van der Waals surface area contributed by atoms with Gasteiger partial charge in [-0.3, -0.25) is 4.79 Å². The second-order valence-corrected chi connectivity index (χ2v) is 4.74. The Morgan fingerprint density at radius 2 is 2.18 bits per heavy atom. The molecule has 1 N–H and O–H groups in total. The molecule has 0 aliphatic carbocycles. The van der Waals surface area contributed by atoms with Crippen molar-refractivity contribution in [1.29, 1.82) is 0 Å². The van der Waals surface area contributed by atoms with E-state index < -0.39 is 0 Å². The van der Waals surface area contributed by atoms with E-state index in [1.165, 1.54) is 6.42 Å². The van der Waals surface area contributed by atoms with Gasteiger partial charge in [-0.2, -0.15) is 0 Å². The van der Waals surface area contributed by atoms with E-state index in [0.29, 0.717) is 12.1 Å².